The average Bonchev–Trinajstić information content (AvgIpc) is 2.68. The van der Waals surface area contributed by atoms with Crippen LogP contribution < -0.4 is 15.6 Å². The molecule has 2 heterocycles. The number of hydrogen-bond donors (Lipinski definition) is 3. The van der Waals surface area contributed by atoms with Crippen molar-refractivity contribution in [1.82, 2.24) is 14.9 Å². The largest absolute Gasteiger partial charge is 0.497 e. The third-order valence-corrected chi connectivity index (χ3v) is 5.13. The van der Waals surface area contributed by atoms with Crippen molar-refractivity contribution in [1.29, 1.82) is 0 Å². The molecule has 0 unspecified atom stereocenters. The highest BCUT2D eigenvalue weighted by molar-refractivity contribution is 7.71. The zero-order chi connectivity index (χ0) is 19.0. The van der Waals surface area contributed by atoms with E-state index in [0.29, 0.717) is 11.4 Å². The van der Waals surface area contributed by atoms with Gasteiger partial charge in [-0.05, 0) is 54.0 Å². The van der Waals surface area contributed by atoms with E-state index in [1.54, 1.807) is 31.4 Å². The van der Waals surface area contributed by atoms with Crippen LogP contribution in [0.2, 0.25) is 0 Å². The summed E-state index contributed by atoms with van der Waals surface area (Å²) in [5.74, 6) is 0.528. The van der Waals surface area contributed by atoms with E-state index in [0.717, 1.165) is 18.5 Å². The molecular formula is C20H19N3O3S. The molecule has 0 saturated heterocycles. The van der Waals surface area contributed by atoms with Crippen LogP contribution in [0.25, 0.3) is 5.69 Å². The molecule has 0 fully saturated rings. The van der Waals surface area contributed by atoms with Crippen LogP contribution >= 0.6 is 12.2 Å². The van der Waals surface area contributed by atoms with Crippen molar-refractivity contribution in [2.75, 3.05) is 13.7 Å². The maximum absolute atomic E-state index is 12.7. The number of aromatic nitrogens is 2. The predicted octanol–water partition coefficient (Wildman–Crippen LogP) is 2.84. The van der Waals surface area contributed by atoms with E-state index >= 15 is 0 Å². The van der Waals surface area contributed by atoms with Crippen molar-refractivity contribution in [3.05, 3.63) is 80.3 Å². The topological polar surface area (TPSA) is 79.3 Å². The van der Waals surface area contributed by atoms with Crippen LogP contribution in [0.1, 0.15) is 22.7 Å². The number of hydrogen-bond acceptors (Lipinski definition) is 5. The Hall–Kier alpha value is -2.90. The number of H-pyrrole nitrogens is 1. The van der Waals surface area contributed by atoms with E-state index in [-0.39, 0.29) is 16.2 Å². The standard InChI is InChI=1S/C20H19N3O3S/c1-26-14-8-6-13(7-9-14)23-19(25)16(18(24)22-20(23)27)17-15-5-3-2-4-12(15)10-11-21-17/h2-9,17,21,25H,10-11H2,1H3,(H,22,24,27)/t17-/m0/s1. The van der Waals surface area contributed by atoms with Crippen LogP contribution in [0, 0.1) is 4.77 Å². The molecule has 1 aliphatic rings. The van der Waals surface area contributed by atoms with Crippen molar-refractivity contribution >= 4 is 12.2 Å². The Balaban J connectivity index is 1.91. The van der Waals surface area contributed by atoms with Gasteiger partial charge < -0.3 is 15.2 Å². The van der Waals surface area contributed by atoms with Gasteiger partial charge in [0.2, 0.25) is 5.88 Å². The lowest BCUT2D eigenvalue weighted by molar-refractivity contribution is 0.410. The maximum atomic E-state index is 12.7. The summed E-state index contributed by atoms with van der Waals surface area (Å²) < 4.78 is 6.77. The molecule has 0 bridgehead atoms. The van der Waals surface area contributed by atoms with E-state index in [4.69, 9.17) is 17.0 Å². The molecule has 27 heavy (non-hydrogen) atoms. The molecule has 6 nitrogen and oxygen atoms in total. The van der Waals surface area contributed by atoms with Crippen LogP contribution in [0.3, 0.4) is 0 Å². The van der Waals surface area contributed by atoms with Crippen molar-refractivity contribution in [2.24, 2.45) is 0 Å². The number of aromatic hydroxyl groups is 1. The van der Waals surface area contributed by atoms with Gasteiger partial charge in [0.05, 0.1) is 24.4 Å². The lowest BCUT2D eigenvalue weighted by Crippen LogP contribution is -2.35. The number of nitrogens with one attached hydrogen (secondary N) is 2. The Morgan fingerprint density at radius 2 is 1.93 bits per heavy atom. The van der Waals surface area contributed by atoms with E-state index in [1.165, 1.54) is 10.1 Å². The number of fused-ring (bicyclic) bond motifs is 1. The summed E-state index contributed by atoms with van der Waals surface area (Å²) in [5, 5.41) is 14.4. The summed E-state index contributed by atoms with van der Waals surface area (Å²) in [4.78, 5) is 15.4. The minimum atomic E-state index is -0.404. The summed E-state index contributed by atoms with van der Waals surface area (Å²) in [6.45, 7) is 0.721. The number of ether oxygens (including phenoxy) is 1. The molecule has 1 aromatic heterocycles. The second-order valence-corrected chi connectivity index (χ2v) is 6.75. The highest BCUT2D eigenvalue weighted by Gasteiger charge is 2.28. The molecule has 3 aromatic rings. The highest BCUT2D eigenvalue weighted by Crippen LogP contribution is 2.32. The van der Waals surface area contributed by atoms with Crippen molar-refractivity contribution < 1.29 is 9.84 Å². The highest BCUT2D eigenvalue weighted by atomic mass is 32.1. The van der Waals surface area contributed by atoms with Crippen molar-refractivity contribution in [3.8, 4) is 17.3 Å². The summed E-state index contributed by atoms with van der Waals surface area (Å²) >= 11 is 5.30. The van der Waals surface area contributed by atoms with Gasteiger partial charge in [0, 0.05) is 6.54 Å². The fourth-order valence-electron chi connectivity index (χ4n) is 3.53. The number of nitrogens with zero attached hydrogens (tertiary/aromatic N) is 1. The lowest BCUT2D eigenvalue weighted by Gasteiger charge is -2.27. The normalized spacial score (nSPS) is 16.0. The summed E-state index contributed by atoms with van der Waals surface area (Å²) in [6.07, 6.45) is 0.878. The third-order valence-electron chi connectivity index (χ3n) is 4.85. The van der Waals surface area contributed by atoms with Crippen molar-refractivity contribution in [3.63, 3.8) is 0 Å². The molecular weight excluding hydrogens is 362 g/mol. The molecule has 0 amide bonds. The molecule has 0 saturated carbocycles. The fraction of sp³-hybridized carbons (Fsp3) is 0.200. The molecule has 1 atom stereocenters. The van der Waals surface area contributed by atoms with Gasteiger partial charge in [0.1, 0.15) is 5.75 Å². The van der Waals surface area contributed by atoms with Gasteiger partial charge in [-0.15, -0.1) is 0 Å². The first-order valence-electron chi connectivity index (χ1n) is 8.64. The van der Waals surface area contributed by atoms with Gasteiger partial charge in [-0.1, -0.05) is 24.3 Å². The van der Waals surface area contributed by atoms with E-state index < -0.39 is 11.6 Å². The SMILES string of the molecule is COc1ccc(-n2c(O)c([C@H]3NCCc4ccccc43)c(=O)[nH]c2=S)cc1. The first kappa shape index (κ1) is 17.5. The molecule has 4 rings (SSSR count). The number of methoxy groups -OCH3 is 1. The first-order valence-corrected chi connectivity index (χ1v) is 9.05. The van der Waals surface area contributed by atoms with E-state index in [9.17, 15) is 9.90 Å². The summed E-state index contributed by atoms with van der Waals surface area (Å²) in [7, 11) is 1.59. The summed E-state index contributed by atoms with van der Waals surface area (Å²) in [5.41, 5.74) is 2.66. The van der Waals surface area contributed by atoms with Gasteiger partial charge in [-0.25, -0.2) is 0 Å². The Kier molecular flexibility index (Phi) is 4.55. The number of rotatable bonds is 3. The monoisotopic (exact) mass is 381 g/mol. The molecule has 3 N–H and O–H groups in total. The Morgan fingerprint density at radius 1 is 1.19 bits per heavy atom. The second-order valence-electron chi connectivity index (χ2n) is 6.37. The van der Waals surface area contributed by atoms with Crippen LogP contribution in [0.5, 0.6) is 11.6 Å². The van der Waals surface area contributed by atoms with Gasteiger partial charge in [-0.3, -0.25) is 14.3 Å². The second kappa shape index (κ2) is 7.02. The first-order chi connectivity index (χ1) is 13.1. The molecule has 7 heteroatoms. The maximum Gasteiger partial charge on any atom is 0.260 e. The zero-order valence-electron chi connectivity index (χ0n) is 14.7. The molecule has 1 aliphatic heterocycles. The third kappa shape index (κ3) is 3.05. The molecule has 2 aromatic carbocycles. The average molecular weight is 381 g/mol. The number of benzene rings is 2. The molecule has 138 valence electrons. The van der Waals surface area contributed by atoms with Crippen LogP contribution in [-0.4, -0.2) is 28.3 Å². The Morgan fingerprint density at radius 3 is 2.67 bits per heavy atom. The van der Waals surface area contributed by atoms with Gasteiger partial charge in [-0.2, -0.15) is 0 Å². The Labute approximate surface area is 161 Å². The van der Waals surface area contributed by atoms with Crippen LogP contribution in [0.4, 0.5) is 0 Å². The number of aromatic amines is 1. The minimum absolute atomic E-state index is 0.135. The van der Waals surface area contributed by atoms with E-state index in [1.807, 2.05) is 24.3 Å². The predicted molar refractivity (Wildman–Crippen MR) is 105 cm³/mol. The van der Waals surface area contributed by atoms with Gasteiger partial charge in [0.25, 0.3) is 5.56 Å². The lowest BCUT2D eigenvalue weighted by atomic mass is 9.90. The van der Waals surface area contributed by atoms with E-state index in [2.05, 4.69) is 10.3 Å². The van der Waals surface area contributed by atoms with Crippen LogP contribution in [0.15, 0.2) is 53.3 Å². The summed E-state index contributed by atoms with van der Waals surface area (Å²) in [6, 6.07) is 14.6. The molecule has 0 aliphatic carbocycles. The smallest absolute Gasteiger partial charge is 0.260 e. The van der Waals surface area contributed by atoms with Gasteiger partial charge >= 0.3 is 0 Å². The fourth-order valence-corrected chi connectivity index (χ4v) is 3.82. The zero-order valence-corrected chi connectivity index (χ0v) is 15.5. The van der Waals surface area contributed by atoms with Crippen LogP contribution in [-0.2, 0) is 6.42 Å². The minimum Gasteiger partial charge on any atom is -0.497 e. The Bertz CT molecular complexity index is 1100. The molecule has 0 spiro atoms. The van der Waals surface area contributed by atoms with Gasteiger partial charge in [0.15, 0.2) is 4.77 Å². The quantitative estimate of drug-likeness (QED) is 0.608. The van der Waals surface area contributed by atoms with Crippen molar-refractivity contribution in [2.45, 2.75) is 12.5 Å². The molecule has 0 radical (unpaired) electrons.